The minimum atomic E-state index is 0.390. The lowest BCUT2D eigenvalue weighted by Crippen LogP contribution is -2.36. The van der Waals surface area contributed by atoms with E-state index in [0.29, 0.717) is 11.4 Å². The Morgan fingerprint density at radius 1 is 1.27 bits per heavy atom. The van der Waals surface area contributed by atoms with E-state index in [-0.39, 0.29) is 0 Å². The molecule has 0 heterocycles. The molecular weight excluding hydrogens is 154 g/mol. The smallest absolute Gasteiger partial charge is 0.0501 e. The largest absolute Gasteiger partial charge is 0.290 e. The molecule has 0 bridgehead atoms. The van der Waals surface area contributed by atoms with Crippen molar-refractivity contribution >= 4 is 12.6 Å². The molecule has 0 N–H and O–H groups in total. The average Bonchev–Trinajstić information content (AvgIpc) is 1.87. The first-order valence-corrected chi connectivity index (χ1v) is 5.05. The predicted molar refractivity (Wildman–Crippen MR) is 55.2 cm³/mol. The Morgan fingerprint density at radius 3 is 2.09 bits per heavy atom. The van der Waals surface area contributed by atoms with Gasteiger partial charge in [-0.05, 0) is 33.7 Å². The highest BCUT2D eigenvalue weighted by atomic mass is 32.1. The molecule has 0 aliphatic rings. The molecule has 1 unspecified atom stereocenters. The van der Waals surface area contributed by atoms with Gasteiger partial charge in [0.25, 0.3) is 0 Å². The van der Waals surface area contributed by atoms with E-state index in [1.54, 1.807) is 0 Å². The Bertz CT molecular complexity index is 83.6. The first kappa shape index (κ1) is 11.3. The van der Waals surface area contributed by atoms with Gasteiger partial charge in [0.2, 0.25) is 0 Å². The van der Waals surface area contributed by atoms with Crippen LogP contribution in [0.2, 0.25) is 0 Å². The maximum absolute atomic E-state index is 4.43. The molecule has 2 heteroatoms. The molecule has 0 rings (SSSR count). The van der Waals surface area contributed by atoms with E-state index in [0.717, 1.165) is 0 Å². The molecule has 0 radical (unpaired) electrons. The van der Waals surface area contributed by atoms with E-state index in [9.17, 15) is 0 Å². The van der Waals surface area contributed by atoms with Crippen molar-refractivity contribution in [1.29, 1.82) is 0 Å². The molecule has 1 nitrogen and oxygen atoms in total. The highest BCUT2D eigenvalue weighted by Crippen LogP contribution is 2.09. The van der Waals surface area contributed by atoms with Crippen LogP contribution >= 0.6 is 12.6 Å². The van der Waals surface area contributed by atoms with Gasteiger partial charge in [0.1, 0.15) is 0 Å². The fourth-order valence-corrected chi connectivity index (χ4v) is 1.60. The monoisotopic (exact) mass is 175 g/mol. The number of hydrogen-bond donors (Lipinski definition) is 1. The topological polar surface area (TPSA) is 3.24 Å². The van der Waals surface area contributed by atoms with Gasteiger partial charge in [-0.1, -0.05) is 13.3 Å². The molecule has 0 saturated heterocycles. The number of nitrogens with zero attached hydrogens (tertiary/aromatic N) is 1. The van der Waals surface area contributed by atoms with Crippen molar-refractivity contribution < 1.29 is 0 Å². The van der Waals surface area contributed by atoms with Crippen LogP contribution in [0.4, 0.5) is 0 Å². The summed E-state index contributed by atoms with van der Waals surface area (Å²) in [7, 11) is 0. The van der Waals surface area contributed by atoms with E-state index < -0.39 is 0 Å². The molecule has 0 saturated carbocycles. The number of hydrogen-bond acceptors (Lipinski definition) is 2. The highest BCUT2D eigenvalue weighted by Gasteiger charge is 2.11. The second-order valence-corrected chi connectivity index (χ2v) is 4.06. The van der Waals surface area contributed by atoms with E-state index >= 15 is 0 Å². The van der Waals surface area contributed by atoms with Crippen molar-refractivity contribution in [2.75, 3.05) is 6.54 Å². The molecule has 0 aromatic rings. The Kier molecular flexibility index (Phi) is 6.06. The van der Waals surface area contributed by atoms with Crippen LogP contribution in [0.15, 0.2) is 0 Å². The lowest BCUT2D eigenvalue weighted by atomic mass is 10.2. The van der Waals surface area contributed by atoms with Gasteiger partial charge in [0.15, 0.2) is 0 Å². The van der Waals surface area contributed by atoms with Crippen LogP contribution in [-0.2, 0) is 0 Å². The Balaban J connectivity index is 3.70. The van der Waals surface area contributed by atoms with E-state index in [2.05, 4.69) is 45.2 Å². The van der Waals surface area contributed by atoms with Crippen molar-refractivity contribution in [2.24, 2.45) is 0 Å². The minimum absolute atomic E-state index is 0.390. The fourth-order valence-electron chi connectivity index (χ4n) is 1.22. The second-order valence-electron chi connectivity index (χ2n) is 3.32. The third-order valence-corrected chi connectivity index (χ3v) is 2.21. The van der Waals surface area contributed by atoms with Crippen molar-refractivity contribution in [3.8, 4) is 0 Å². The van der Waals surface area contributed by atoms with Gasteiger partial charge in [-0.3, -0.25) is 4.90 Å². The first-order valence-electron chi connectivity index (χ1n) is 4.53. The summed E-state index contributed by atoms with van der Waals surface area (Å²) in [6, 6.07) is 0.619. The summed E-state index contributed by atoms with van der Waals surface area (Å²) in [6.07, 6.45) is 2.55. The van der Waals surface area contributed by atoms with Crippen LogP contribution in [0.3, 0.4) is 0 Å². The molecule has 1 atom stereocenters. The van der Waals surface area contributed by atoms with Gasteiger partial charge in [0, 0.05) is 6.04 Å². The summed E-state index contributed by atoms with van der Waals surface area (Å²) in [5.41, 5.74) is 0. The summed E-state index contributed by atoms with van der Waals surface area (Å²) >= 11 is 4.43. The van der Waals surface area contributed by atoms with Crippen LogP contribution < -0.4 is 0 Å². The van der Waals surface area contributed by atoms with Gasteiger partial charge in [-0.25, -0.2) is 0 Å². The van der Waals surface area contributed by atoms with E-state index in [4.69, 9.17) is 0 Å². The lowest BCUT2D eigenvalue weighted by molar-refractivity contribution is 0.212. The van der Waals surface area contributed by atoms with Gasteiger partial charge in [-0.15, -0.1) is 0 Å². The summed E-state index contributed by atoms with van der Waals surface area (Å²) < 4.78 is 0. The number of thiol groups is 1. The van der Waals surface area contributed by atoms with Crippen LogP contribution in [0, 0.1) is 0 Å². The van der Waals surface area contributed by atoms with Gasteiger partial charge in [0.05, 0.1) is 5.37 Å². The number of unbranched alkanes of at least 4 members (excludes halogenated alkanes) is 1. The van der Waals surface area contributed by atoms with Crippen molar-refractivity contribution in [1.82, 2.24) is 4.90 Å². The van der Waals surface area contributed by atoms with Crippen LogP contribution in [0.1, 0.15) is 40.5 Å². The lowest BCUT2D eigenvalue weighted by Gasteiger charge is -2.29. The standard InChI is InChI=1S/C9H21NS/c1-5-6-7-10(8(2)3)9(4)11/h8-9,11H,5-7H2,1-4H3. The minimum Gasteiger partial charge on any atom is -0.290 e. The molecule has 0 amide bonds. The Labute approximate surface area is 76.6 Å². The second kappa shape index (κ2) is 5.90. The maximum Gasteiger partial charge on any atom is 0.0501 e. The average molecular weight is 175 g/mol. The third-order valence-electron chi connectivity index (χ3n) is 1.91. The summed E-state index contributed by atoms with van der Waals surface area (Å²) in [5.74, 6) is 0. The third kappa shape index (κ3) is 4.70. The van der Waals surface area contributed by atoms with E-state index in [1.807, 2.05) is 0 Å². The SMILES string of the molecule is CCCCN(C(C)C)C(C)S. The van der Waals surface area contributed by atoms with Crippen molar-refractivity contribution in [2.45, 2.75) is 52.0 Å². The summed E-state index contributed by atoms with van der Waals surface area (Å²) in [6.45, 7) is 9.99. The van der Waals surface area contributed by atoms with Crippen LogP contribution in [-0.4, -0.2) is 22.9 Å². The maximum atomic E-state index is 4.43. The van der Waals surface area contributed by atoms with E-state index in [1.165, 1.54) is 19.4 Å². The van der Waals surface area contributed by atoms with Gasteiger partial charge >= 0.3 is 0 Å². The van der Waals surface area contributed by atoms with Crippen LogP contribution in [0.5, 0.6) is 0 Å². The molecule has 0 spiro atoms. The Hall–Kier alpha value is 0.310. The molecule has 0 aliphatic heterocycles. The zero-order valence-electron chi connectivity index (χ0n) is 8.17. The molecular formula is C9H21NS. The van der Waals surface area contributed by atoms with Crippen molar-refractivity contribution in [3.63, 3.8) is 0 Å². The molecule has 0 aromatic carbocycles. The first-order chi connectivity index (χ1) is 5.09. The predicted octanol–water partition coefficient (Wildman–Crippen LogP) is 2.77. The molecule has 68 valence electrons. The normalized spacial score (nSPS) is 14.5. The molecule has 0 aliphatic carbocycles. The zero-order chi connectivity index (χ0) is 8.85. The van der Waals surface area contributed by atoms with Gasteiger partial charge < -0.3 is 0 Å². The summed E-state index contributed by atoms with van der Waals surface area (Å²) in [4.78, 5) is 2.41. The highest BCUT2D eigenvalue weighted by molar-refractivity contribution is 7.80. The quantitative estimate of drug-likeness (QED) is 0.497. The van der Waals surface area contributed by atoms with Crippen LogP contribution in [0.25, 0.3) is 0 Å². The molecule has 11 heavy (non-hydrogen) atoms. The van der Waals surface area contributed by atoms with Gasteiger partial charge in [-0.2, -0.15) is 12.6 Å². The van der Waals surface area contributed by atoms with Crippen molar-refractivity contribution in [3.05, 3.63) is 0 Å². The molecule has 0 aromatic heterocycles. The number of rotatable bonds is 5. The zero-order valence-corrected chi connectivity index (χ0v) is 9.06. The fraction of sp³-hybridized carbons (Fsp3) is 1.00. The Morgan fingerprint density at radius 2 is 1.82 bits per heavy atom. The summed E-state index contributed by atoms with van der Waals surface area (Å²) in [5, 5.41) is 0.390. The molecule has 0 fully saturated rings.